The number of benzene rings is 2. The highest BCUT2D eigenvalue weighted by molar-refractivity contribution is 6.73. The summed E-state index contributed by atoms with van der Waals surface area (Å²) in [7, 11) is 1.57. The van der Waals surface area contributed by atoms with E-state index < -0.39 is 12.4 Å². The van der Waals surface area contributed by atoms with Crippen molar-refractivity contribution < 1.29 is 22.4 Å². The standard InChI is InChI=1S/C14H13BF3O2/c1-19-13-7-5-11(6-8-13)10-20-14-4-2-3-12(9-14)15(16,17)18/h2-9H,10H2,1H3/q-1. The zero-order valence-corrected chi connectivity index (χ0v) is 10.9. The summed E-state index contributed by atoms with van der Waals surface area (Å²) >= 11 is 0. The minimum absolute atomic E-state index is 0.206. The third-order valence-corrected chi connectivity index (χ3v) is 2.80. The van der Waals surface area contributed by atoms with E-state index in [0.717, 1.165) is 23.4 Å². The van der Waals surface area contributed by atoms with Gasteiger partial charge in [0.15, 0.2) is 0 Å². The predicted molar refractivity (Wildman–Crippen MR) is 72.5 cm³/mol. The number of ether oxygens (including phenoxy) is 2. The molecule has 0 atom stereocenters. The van der Waals surface area contributed by atoms with Gasteiger partial charge in [-0.2, -0.15) is 0 Å². The number of hydrogen-bond acceptors (Lipinski definition) is 2. The summed E-state index contributed by atoms with van der Waals surface area (Å²) in [6, 6.07) is 12.1. The molecule has 0 spiro atoms. The van der Waals surface area contributed by atoms with Crippen LogP contribution in [0.25, 0.3) is 0 Å². The Hall–Kier alpha value is -2.11. The van der Waals surface area contributed by atoms with E-state index in [1.165, 1.54) is 12.1 Å². The Morgan fingerprint density at radius 1 is 0.950 bits per heavy atom. The van der Waals surface area contributed by atoms with Crippen molar-refractivity contribution in [3.8, 4) is 11.5 Å². The van der Waals surface area contributed by atoms with E-state index in [-0.39, 0.29) is 12.4 Å². The Labute approximate surface area is 115 Å². The third-order valence-electron chi connectivity index (χ3n) is 2.80. The monoisotopic (exact) mass is 281 g/mol. The lowest BCUT2D eigenvalue weighted by molar-refractivity contribution is 0.306. The van der Waals surface area contributed by atoms with Crippen LogP contribution in [-0.2, 0) is 6.61 Å². The molecular weight excluding hydrogens is 268 g/mol. The largest absolute Gasteiger partial charge is 0.509 e. The quantitative estimate of drug-likeness (QED) is 0.783. The first kappa shape index (κ1) is 14.3. The van der Waals surface area contributed by atoms with Gasteiger partial charge < -0.3 is 22.4 Å². The maximum atomic E-state index is 12.6. The number of halogens is 3. The molecule has 0 aliphatic carbocycles. The van der Waals surface area contributed by atoms with E-state index in [1.807, 2.05) is 0 Å². The molecule has 0 saturated heterocycles. The highest BCUT2D eigenvalue weighted by Crippen LogP contribution is 2.17. The van der Waals surface area contributed by atoms with E-state index in [0.29, 0.717) is 0 Å². The minimum Gasteiger partial charge on any atom is -0.497 e. The number of hydrogen-bond donors (Lipinski definition) is 0. The van der Waals surface area contributed by atoms with Crippen LogP contribution < -0.4 is 14.9 Å². The van der Waals surface area contributed by atoms with Crippen LogP contribution in [0.3, 0.4) is 0 Å². The first-order valence-corrected chi connectivity index (χ1v) is 6.04. The van der Waals surface area contributed by atoms with Crippen molar-refractivity contribution in [2.45, 2.75) is 6.61 Å². The topological polar surface area (TPSA) is 18.5 Å². The summed E-state index contributed by atoms with van der Waals surface area (Å²) in [5, 5.41) is 0. The van der Waals surface area contributed by atoms with E-state index in [4.69, 9.17) is 9.47 Å². The number of methoxy groups -OCH3 is 1. The van der Waals surface area contributed by atoms with Crippen LogP contribution in [0, 0.1) is 0 Å². The molecule has 6 heteroatoms. The molecule has 2 aromatic rings. The SMILES string of the molecule is COc1ccc(COc2cccc([B-](F)(F)F)c2)cc1. The maximum Gasteiger partial charge on any atom is 0.509 e. The lowest BCUT2D eigenvalue weighted by Gasteiger charge is -2.16. The summed E-state index contributed by atoms with van der Waals surface area (Å²) in [5.74, 6) is 0.924. The summed E-state index contributed by atoms with van der Waals surface area (Å²) < 4.78 is 48.2. The molecule has 0 heterocycles. The van der Waals surface area contributed by atoms with Crippen molar-refractivity contribution in [3.63, 3.8) is 0 Å². The molecule has 106 valence electrons. The van der Waals surface area contributed by atoms with Gasteiger partial charge in [-0.05, 0) is 29.8 Å². The second-order valence-electron chi connectivity index (χ2n) is 4.28. The third kappa shape index (κ3) is 3.69. The van der Waals surface area contributed by atoms with Gasteiger partial charge in [0.05, 0.1) is 7.11 Å². The van der Waals surface area contributed by atoms with Crippen molar-refractivity contribution in [1.29, 1.82) is 0 Å². The zero-order chi connectivity index (χ0) is 14.6. The van der Waals surface area contributed by atoms with Gasteiger partial charge in [-0.1, -0.05) is 24.3 Å². The molecule has 0 N–H and O–H groups in total. The minimum atomic E-state index is -5.00. The first-order chi connectivity index (χ1) is 9.49. The van der Waals surface area contributed by atoms with Gasteiger partial charge in [0.1, 0.15) is 18.1 Å². The number of rotatable bonds is 5. The molecule has 0 radical (unpaired) electrons. The van der Waals surface area contributed by atoms with E-state index in [1.54, 1.807) is 31.4 Å². The van der Waals surface area contributed by atoms with Gasteiger partial charge in [-0.15, -0.1) is 5.46 Å². The van der Waals surface area contributed by atoms with Crippen LogP contribution >= 0.6 is 0 Å². The predicted octanol–water partition coefficient (Wildman–Crippen LogP) is 3.33. The average molecular weight is 281 g/mol. The van der Waals surface area contributed by atoms with Crippen LogP contribution in [0.1, 0.15) is 5.56 Å². The Balaban J connectivity index is 2.03. The van der Waals surface area contributed by atoms with Crippen LogP contribution in [-0.4, -0.2) is 14.1 Å². The molecule has 20 heavy (non-hydrogen) atoms. The molecule has 0 aliphatic rings. The van der Waals surface area contributed by atoms with E-state index in [2.05, 4.69) is 0 Å². The summed E-state index contributed by atoms with van der Waals surface area (Å²) in [6.45, 7) is -4.79. The molecule has 0 aromatic heterocycles. The highest BCUT2D eigenvalue weighted by atomic mass is 19.4. The second kappa shape index (κ2) is 5.90. The van der Waals surface area contributed by atoms with Crippen molar-refractivity contribution in [2.75, 3.05) is 7.11 Å². The van der Waals surface area contributed by atoms with Gasteiger partial charge in [-0.25, -0.2) is 0 Å². The molecule has 2 rings (SSSR count). The van der Waals surface area contributed by atoms with Crippen LogP contribution in [0.2, 0.25) is 0 Å². The lowest BCUT2D eigenvalue weighted by Crippen LogP contribution is -2.33. The van der Waals surface area contributed by atoms with E-state index in [9.17, 15) is 12.9 Å². The molecule has 0 bridgehead atoms. The van der Waals surface area contributed by atoms with Crippen LogP contribution in [0.4, 0.5) is 12.9 Å². The van der Waals surface area contributed by atoms with Crippen molar-refractivity contribution in [2.24, 2.45) is 0 Å². The van der Waals surface area contributed by atoms with E-state index >= 15 is 0 Å². The smallest absolute Gasteiger partial charge is 0.497 e. The first-order valence-electron chi connectivity index (χ1n) is 6.04. The Morgan fingerprint density at radius 2 is 1.65 bits per heavy atom. The maximum absolute atomic E-state index is 12.6. The van der Waals surface area contributed by atoms with Gasteiger partial charge in [-0.3, -0.25) is 0 Å². The Morgan fingerprint density at radius 3 is 2.25 bits per heavy atom. The molecule has 2 aromatic carbocycles. The molecule has 0 fully saturated rings. The van der Waals surface area contributed by atoms with Crippen molar-refractivity contribution in [1.82, 2.24) is 0 Å². The molecule has 2 nitrogen and oxygen atoms in total. The zero-order valence-electron chi connectivity index (χ0n) is 10.9. The van der Waals surface area contributed by atoms with Gasteiger partial charge in [0.25, 0.3) is 0 Å². The normalized spacial score (nSPS) is 11.2. The van der Waals surface area contributed by atoms with Crippen LogP contribution in [0.5, 0.6) is 11.5 Å². The van der Waals surface area contributed by atoms with Crippen LogP contribution in [0.15, 0.2) is 48.5 Å². The molecule has 0 saturated carbocycles. The Bertz CT molecular complexity index is 567. The Kier molecular flexibility index (Phi) is 4.22. The van der Waals surface area contributed by atoms with Gasteiger partial charge in [0, 0.05) is 0 Å². The second-order valence-corrected chi connectivity index (χ2v) is 4.28. The lowest BCUT2D eigenvalue weighted by atomic mass is 9.80. The summed E-state index contributed by atoms with van der Waals surface area (Å²) in [4.78, 5) is 0. The molecule has 0 amide bonds. The fraction of sp³-hybridized carbons (Fsp3) is 0.143. The van der Waals surface area contributed by atoms with Crippen molar-refractivity contribution in [3.05, 3.63) is 54.1 Å². The average Bonchev–Trinajstić information content (AvgIpc) is 2.45. The summed E-state index contributed by atoms with van der Waals surface area (Å²) in [6.07, 6.45) is 0. The van der Waals surface area contributed by atoms with Crippen molar-refractivity contribution >= 4 is 12.4 Å². The summed E-state index contributed by atoms with van der Waals surface area (Å²) in [5.41, 5.74) is 0.200. The molecule has 0 aliphatic heterocycles. The molecule has 0 unspecified atom stereocenters. The molecular formula is C14H13BF3O2-. The fourth-order valence-electron chi connectivity index (χ4n) is 1.70. The fourth-order valence-corrected chi connectivity index (χ4v) is 1.70. The highest BCUT2D eigenvalue weighted by Gasteiger charge is 2.25. The van der Waals surface area contributed by atoms with Gasteiger partial charge >= 0.3 is 6.98 Å². The van der Waals surface area contributed by atoms with Gasteiger partial charge in [0.2, 0.25) is 0 Å².